The van der Waals surface area contributed by atoms with Gasteiger partial charge in [0, 0.05) is 32.1 Å². The highest BCUT2D eigenvalue weighted by molar-refractivity contribution is 5.92. The third kappa shape index (κ3) is 4.71. The second-order valence-electron chi connectivity index (χ2n) is 8.38. The Bertz CT molecular complexity index is 846. The molecule has 9 heteroatoms. The van der Waals surface area contributed by atoms with Crippen LogP contribution in [0, 0.1) is 29.0 Å². The zero-order valence-corrected chi connectivity index (χ0v) is 16.7. The van der Waals surface area contributed by atoms with E-state index < -0.39 is 18.1 Å². The number of nitrogens with one attached hydrogen (secondary N) is 5. The summed E-state index contributed by atoms with van der Waals surface area (Å²) in [6.45, 7) is 1.96. The van der Waals surface area contributed by atoms with E-state index in [2.05, 4.69) is 32.7 Å². The number of rotatable bonds is 7. The van der Waals surface area contributed by atoms with Gasteiger partial charge in [-0.1, -0.05) is 25.0 Å². The number of carbonyl (C=O) groups excluding carboxylic acids is 2. The number of hydrogen-bond acceptors (Lipinski definition) is 6. The number of carbonyl (C=O) groups is 2. The molecule has 30 heavy (non-hydrogen) atoms. The first-order valence-electron chi connectivity index (χ1n) is 10.5. The van der Waals surface area contributed by atoms with Crippen molar-refractivity contribution in [3.05, 3.63) is 29.6 Å². The Morgan fingerprint density at radius 2 is 2.00 bits per heavy atom. The standard InChI is InChI=1S/C21H27FN6O2/c22-15-3-1-2-13-7-17(26-19(13)15)21(30)27-16(6-12-4-5-12)20(29)28-18(8-23)14-9-24-11-25-10-14/h1-3,12,14,16-18,24-26H,4-7,9-11H2,(H,27,30)(H,28,29). The van der Waals surface area contributed by atoms with Crippen molar-refractivity contribution in [2.45, 2.75) is 43.8 Å². The van der Waals surface area contributed by atoms with Gasteiger partial charge in [-0.25, -0.2) is 4.39 Å². The maximum atomic E-state index is 14.0. The summed E-state index contributed by atoms with van der Waals surface area (Å²) in [6.07, 6.45) is 2.99. The largest absolute Gasteiger partial charge is 0.371 e. The van der Waals surface area contributed by atoms with Crippen LogP contribution < -0.4 is 26.6 Å². The van der Waals surface area contributed by atoms with Gasteiger partial charge in [-0.3, -0.25) is 9.59 Å². The number of para-hydroxylation sites is 1. The van der Waals surface area contributed by atoms with Crippen molar-refractivity contribution in [1.29, 1.82) is 5.26 Å². The van der Waals surface area contributed by atoms with Gasteiger partial charge < -0.3 is 26.6 Å². The van der Waals surface area contributed by atoms with Gasteiger partial charge >= 0.3 is 0 Å². The zero-order valence-electron chi connectivity index (χ0n) is 16.7. The van der Waals surface area contributed by atoms with Crippen LogP contribution in [0.15, 0.2) is 18.2 Å². The van der Waals surface area contributed by atoms with E-state index in [-0.39, 0.29) is 23.5 Å². The SMILES string of the molecule is N#CC(NC(=O)C(CC1CC1)NC(=O)C1Cc2cccc(F)c2N1)C1CNCNC1. The highest BCUT2D eigenvalue weighted by Gasteiger charge is 2.36. The Labute approximate surface area is 175 Å². The number of fused-ring (bicyclic) bond motifs is 1. The minimum Gasteiger partial charge on any atom is -0.371 e. The molecule has 0 bridgehead atoms. The lowest BCUT2D eigenvalue weighted by atomic mass is 9.98. The summed E-state index contributed by atoms with van der Waals surface area (Å²) >= 11 is 0. The van der Waals surface area contributed by atoms with Crippen LogP contribution in [-0.2, 0) is 16.0 Å². The number of anilines is 1. The molecule has 1 saturated carbocycles. The fraction of sp³-hybridized carbons (Fsp3) is 0.571. The normalized spacial score (nSPS) is 22.9. The number of hydrogen-bond donors (Lipinski definition) is 5. The van der Waals surface area contributed by atoms with Crippen molar-refractivity contribution >= 4 is 17.5 Å². The number of nitrogens with zero attached hydrogens (tertiary/aromatic N) is 1. The molecule has 1 saturated heterocycles. The first-order chi connectivity index (χ1) is 14.5. The molecule has 0 radical (unpaired) electrons. The third-order valence-electron chi connectivity index (χ3n) is 6.03. The van der Waals surface area contributed by atoms with Crippen LogP contribution >= 0.6 is 0 Å². The smallest absolute Gasteiger partial charge is 0.243 e. The van der Waals surface area contributed by atoms with Gasteiger partial charge in [0.15, 0.2) is 0 Å². The van der Waals surface area contributed by atoms with Crippen molar-refractivity contribution < 1.29 is 14.0 Å². The summed E-state index contributed by atoms with van der Waals surface area (Å²) in [7, 11) is 0. The molecule has 3 atom stereocenters. The van der Waals surface area contributed by atoms with Gasteiger partial charge in [-0.2, -0.15) is 5.26 Å². The van der Waals surface area contributed by atoms with Gasteiger partial charge in [0.25, 0.3) is 0 Å². The van der Waals surface area contributed by atoms with Crippen molar-refractivity contribution in [3.63, 3.8) is 0 Å². The second kappa shape index (κ2) is 8.98. The molecule has 1 aliphatic carbocycles. The lowest BCUT2D eigenvalue weighted by molar-refractivity contribution is -0.130. The molecule has 3 aliphatic rings. The average molecular weight is 414 g/mol. The molecular weight excluding hydrogens is 387 g/mol. The summed E-state index contributed by atoms with van der Waals surface area (Å²) in [4.78, 5) is 25.8. The molecule has 2 heterocycles. The molecule has 1 aromatic rings. The minimum atomic E-state index is -0.708. The van der Waals surface area contributed by atoms with E-state index >= 15 is 0 Å². The average Bonchev–Trinajstić information content (AvgIpc) is 3.46. The topological polar surface area (TPSA) is 118 Å². The lowest BCUT2D eigenvalue weighted by Gasteiger charge is -2.29. The molecule has 3 unspecified atom stereocenters. The molecule has 2 aliphatic heterocycles. The van der Waals surface area contributed by atoms with E-state index in [0.29, 0.717) is 44.2 Å². The van der Waals surface area contributed by atoms with Crippen molar-refractivity contribution in [3.8, 4) is 6.07 Å². The van der Waals surface area contributed by atoms with Crippen molar-refractivity contribution in [2.24, 2.45) is 11.8 Å². The van der Waals surface area contributed by atoms with E-state index in [9.17, 15) is 19.2 Å². The highest BCUT2D eigenvalue weighted by Crippen LogP contribution is 2.34. The molecular formula is C21H27FN6O2. The molecule has 2 fully saturated rings. The van der Waals surface area contributed by atoms with Crippen LogP contribution in [0.1, 0.15) is 24.8 Å². The highest BCUT2D eigenvalue weighted by atomic mass is 19.1. The Kier molecular flexibility index (Phi) is 6.16. The molecule has 0 spiro atoms. The zero-order chi connectivity index (χ0) is 21.1. The van der Waals surface area contributed by atoms with Gasteiger partial charge in [0.05, 0.1) is 11.8 Å². The summed E-state index contributed by atoms with van der Waals surface area (Å²) in [5, 5.41) is 24.4. The first-order valence-corrected chi connectivity index (χ1v) is 10.5. The summed E-state index contributed by atoms with van der Waals surface area (Å²) in [5.41, 5.74) is 1.10. The predicted molar refractivity (Wildman–Crippen MR) is 109 cm³/mol. The molecule has 1 aromatic carbocycles. The second-order valence-corrected chi connectivity index (χ2v) is 8.38. The van der Waals surface area contributed by atoms with E-state index in [0.717, 1.165) is 18.4 Å². The fourth-order valence-corrected chi connectivity index (χ4v) is 4.12. The van der Waals surface area contributed by atoms with Crippen LogP contribution in [-0.4, -0.2) is 49.7 Å². The molecule has 0 aromatic heterocycles. The number of halogens is 1. The molecule has 5 N–H and O–H groups in total. The fourth-order valence-electron chi connectivity index (χ4n) is 4.12. The van der Waals surface area contributed by atoms with E-state index in [4.69, 9.17) is 0 Å². The summed E-state index contributed by atoms with van der Waals surface area (Å²) in [6, 6.07) is 4.97. The lowest BCUT2D eigenvalue weighted by Crippen LogP contribution is -2.57. The van der Waals surface area contributed by atoms with Gasteiger partial charge in [-0.05, 0) is 24.0 Å². The maximum Gasteiger partial charge on any atom is 0.243 e. The van der Waals surface area contributed by atoms with Crippen LogP contribution in [0.2, 0.25) is 0 Å². The van der Waals surface area contributed by atoms with E-state index in [1.807, 2.05) is 0 Å². The number of benzene rings is 1. The van der Waals surface area contributed by atoms with E-state index in [1.54, 1.807) is 12.1 Å². The van der Waals surface area contributed by atoms with Gasteiger partial charge in [0.1, 0.15) is 23.9 Å². The van der Waals surface area contributed by atoms with Crippen LogP contribution in [0.25, 0.3) is 0 Å². The van der Waals surface area contributed by atoms with Crippen LogP contribution in [0.3, 0.4) is 0 Å². The molecule has 2 amide bonds. The Morgan fingerprint density at radius 3 is 2.67 bits per heavy atom. The number of amides is 2. The predicted octanol–water partition coefficient (Wildman–Crippen LogP) is 0.222. The number of nitriles is 1. The third-order valence-corrected chi connectivity index (χ3v) is 6.03. The molecule has 160 valence electrons. The Balaban J connectivity index is 1.38. The van der Waals surface area contributed by atoms with Gasteiger partial charge in [0.2, 0.25) is 11.8 Å². The summed E-state index contributed by atoms with van der Waals surface area (Å²) < 4.78 is 14.0. The summed E-state index contributed by atoms with van der Waals surface area (Å²) in [5.74, 6) is -0.693. The van der Waals surface area contributed by atoms with Crippen LogP contribution in [0.5, 0.6) is 0 Å². The quantitative estimate of drug-likeness (QED) is 0.436. The van der Waals surface area contributed by atoms with Gasteiger partial charge in [-0.15, -0.1) is 0 Å². The Morgan fingerprint density at radius 1 is 1.23 bits per heavy atom. The monoisotopic (exact) mass is 414 g/mol. The minimum absolute atomic E-state index is 0.0426. The van der Waals surface area contributed by atoms with Crippen molar-refractivity contribution in [1.82, 2.24) is 21.3 Å². The molecule has 8 nitrogen and oxygen atoms in total. The van der Waals surface area contributed by atoms with E-state index in [1.165, 1.54) is 6.07 Å². The molecule has 4 rings (SSSR count). The van der Waals surface area contributed by atoms with Crippen molar-refractivity contribution in [2.75, 3.05) is 25.1 Å². The maximum absolute atomic E-state index is 14.0. The Hall–Kier alpha value is -2.70. The first kappa shape index (κ1) is 20.6. The van der Waals surface area contributed by atoms with Crippen LogP contribution in [0.4, 0.5) is 10.1 Å².